The van der Waals surface area contributed by atoms with Crippen molar-refractivity contribution in [3.63, 3.8) is 0 Å². The van der Waals surface area contributed by atoms with Crippen LogP contribution >= 0.6 is 0 Å². The van der Waals surface area contributed by atoms with Crippen LogP contribution in [-0.2, 0) is 18.3 Å². The summed E-state index contributed by atoms with van der Waals surface area (Å²) in [5.41, 5.74) is 7.71. The van der Waals surface area contributed by atoms with Crippen molar-refractivity contribution in [2.75, 3.05) is 24.1 Å². The second-order valence-corrected chi connectivity index (χ2v) is 6.65. The van der Waals surface area contributed by atoms with Gasteiger partial charge >= 0.3 is 0 Å². The van der Waals surface area contributed by atoms with Crippen molar-refractivity contribution in [1.82, 2.24) is 19.7 Å². The van der Waals surface area contributed by atoms with E-state index in [4.69, 9.17) is 5.73 Å². The van der Waals surface area contributed by atoms with E-state index in [-0.39, 0.29) is 5.91 Å². The average Bonchev–Trinajstić information content (AvgIpc) is 2.88. The molecule has 1 saturated heterocycles. The Labute approximate surface area is 148 Å². The Bertz CT molecular complexity index is 696. The van der Waals surface area contributed by atoms with Crippen molar-refractivity contribution in [3.8, 4) is 0 Å². The average molecular weight is 342 g/mol. The highest BCUT2D eigenvalue weighted by molar-refractivity contribution is 5.76. The third-order valence-corrected chi connectivity index (χ3v) is 4.62. The van der Waals surface area contributed by atoms with Crippen LogP contribution in [0.3, 0.4) is 0 Å². The Morgan fingerprint density at radius 3 is 2.92 bits per heavy atom. The molecule has 1 aliphatic rings. The van der Waals surface area contributed by atoms with Crippen LogP contribution in [0, 0.1) is 0 Å². The van der Waals surface area contributed by atoms with Crippen LogP contribution in [0.25, 0.3) is 0 Å². The Kier molecular flexibility index (Phi) is 5.53. The van der Waals surface area contributed by atoms with Crippen LogP contribution in [-0.4, -0.2) is 44.7 Å². The first-order valence-corrected chi connectivity index (χ1v) is 8.83. The van der Waals surface area contributed by atoms with Gasteiger partial charge in [-0.25, -0.2) is 4.98 Å². The minimum atomic E-state index is 0.235. The lowest BCUT2D eigenvalue weighted by Gasteiger charge is -2.21. The van der Waals surface area contributed by atoms with Crippen LogP contribution < -0.4 is 11.1 Å². The molecule has 2 aromatic rings. The maximum atomic E-state index is 12.5. The Hall–Kier alpha value is -2.57. The van der Waals surface area contributed by atoms with Gasteiger partial charge in [0.05, 0.1) is 18.1 Å². The number of carbonyl (C=O) groups excluding carboxylic acids is 1. The van der Waals surface area contributed by atoms with Crippen molar-refractivity contribution < 1.29 is 4.79 Å². The normalized spacial score (nSPS) is 18.0. The van der Waals surface area contributed by atoms with E-state index in [1.807, 2.05) is 30.4 Å². The van der Waals surface area contributed by atoms with Crippen LogP contribution in [0.5, 0.6) is 0 Å². The molecule has 7 nitrogen and oxygen atoms in total. The maximum Gasteiger partial charge on any atom is 0.222 e. The summed E-state index contributed by atoms with van der Waals surface area (Å²) in [6, 6.07) is 4.11. The summed E-state index contributed by atoms with van der Waals surface area (Å²) in [4.78, 5) is 18.6. The van der Waals surface area contributed by atoms with E-state index >= 15 is 0 Å². The van der Waals surface area contributed by atoms with Crippen LogP contribution in [0.4, 0.5) is 11.5 Å². The third-order valence-electron chi connectivity index (χ3n) is 4.62. The lowest BCUT2D eigenvalue weighted by molar-refractivity contribution is -0.131. The van der Waals surface area contributed by atoms with Gasteiger partial charge in [0, 0.05) is 38.8 Å². The lowest BCUT2D eigenvalue weighted by atomic mass is 10.1. The number of amides is 1. The summed E-state index contributed by atoms with van der Waals surface area (Å²) in [5, 5.41) is 7.65. The van der Waals surface area contributed by atoms with Gasteiger partial charge in [-0.1, -0.05) is 0 Å². The van der Waals surface area contributed by atoms with E-state index in [0.29, 0.717) is 18.3 Å². The minimum Gasteiger partial charge on any atom is -0.384 e. The third kappa shape index (κ3) is 4.95. The zero-order valence-corrected chi connectivity index (χ0v) is 14.7. The summed E-state index contributed by atoms with van der Waals surface area (Å²) in [6.45, 7) is 1.63. The number of aromatic nitrogens is 3. The number of pyridine rings is 1. The van der Waals surface area contributed by atoms with Crippen molar-refractivity contribution in [2.45, 2.75) is 38.1 Å². The van der Waals surface area contributed by atoms with Gasteiger partial charge in [0.2, 0.25) is 5.91 Å². The van der Waals surface area contributed by atoms with Crippen molar-refractivity contribution in [2.24, 2.45) is 7.05 Å². The maximum absolute atomic E-state index is 12.5. The Morgan fingerprint density at radius 1 is 1.32 bits per heavy atom. The molecule has 0 radical (unpaired) electrons. The SMILES string of the molecule is Cn1cc(CCC(=O)N2CCC[C@@H](Nc3ccc(N)nc3)CC2)cn1. The monoisotopic (exact) mass is 342 g/mol. The topological polar surface area (TPSA) is 89.1 Å². The van der Waals surface area contributed by atoms with E-state index in [0.717, 1.165) is 50.0 Å². The lowest BCUT2D eigenvalue weighted by Crippen LogP contribution is -2.32. The molecule has 134 valence electrons. The summed E-state index contributed by atoms with van der Waals surface area (Å²) in [5.74, 6) is 0.760. The number of carbonyl (C=O) groups is 1. The predicted molar refractivity (Wildman–Crippen MR) is 98.0 cm³/mol. The summed E-state index contributed by atoms with van der Waals surface area (Å²) < 4.78 is 1.77. The number of aryl methyl sites for hydroxylation is 2. The molecule has 3 N–H and O–H groups in total. The molecule has 1 atom stereocenters. The second-order valence-electron chi connectivity index (χ2n) is 6.65. The van der Waals surface area contributed by atoms with E-state index in [1.54, 1.807) is 16.9 Å². The van der Waals surface area contributed by atoms with Gasteiger partial charge in [-0.15, -0.1) is 0 Å². The molecule has 0 spiro atoms. The molecule has 1 fully saturated rings. The molecule has 1 aliphatic heterocycles. The Balaban J connectivity index is 1.47. The number of hydrogen-bond acceptors (Lipinski definition) is 5. The number of nitrogens with zero attached hydrogens (tertiary/aromatic N) is 4. The van der Waals surface area contributed by atoms with Crippen LogP contribution in [0.2, 0.25) is 0 Å². The smallest absolute Gasteiger partial charge is 0.222 e. The van der Waals surface area contributed by atoms with Gasteiger partial charge in [0.1, 0.15) is 5.82 Å². The predicted octanol–water partition coefficient (Wildman–Crippen LogP) is 1.82. The summed E-state index contributed by atoms with van der Waals surface area (Å²) in [6.07, 6.45) is 9.87. The van der Waals surface area contributed by atoms with Gasteiger partial charge in [-0.3, -0.25) is 9.48 Å². The molecule has 0 unspecified atom stereocenters. The van der Waals surface area contributed by atoms with Crippen molar-refractivity contribution in [1.29, 1.82) is 0 Å². The standard InChI is InChI=1S/C18H26N6O/c1-23-13-14(11-21-23)4-7-18(25)24-9-2-3-15(8-10-24)22-16-5-6-17(19)20-12-16/h5-6,11-13,15,22H,2-4,7-10H2,1H3,(H2,19,20)/t15-/m1/s1. The Morgan fingerprint density at radius 2 is 2.20 bits per heavy atom. The zero-order valence-electron chi connectivity index (χ0n) is 14.7. The first-order chi connectivity index (χ1) is 12.1. The molecule has 2 aromatic heterocycles. The van der Waals surface area contributed by atoms with Crippen molar-refractivity contribution in [3.05, 3.63) is 36.3 Å². The van der Waals surface area contributed by atoms with Gasteiger partial charge in [0.25, 0.3) is 0 Å². The highest BCUT2D eigenvalue weighted by Crippen LogP contribution is 2.18. The van der Waals surface area contributed by atoms with Gasteiger partial charge < -0.3 is 16.0 Å². The van der Waals surface area contributed by atoms with Gasteiger partial charge in [-0.05, 0) is 43.4 Å². The number of anilines is 2. The molecule has 0 bridgehead atoms. The molecule has 7 heteroatoms. The van der Waals surface area contributed by atoms with Crippen LogP contribution in [0.1, 0.15) is 31.2 Å². The molecule has 1 amide bonds. The molecule has 3 rings (SSSR count). The molecule has 0 saturated carbocycles. The number of likely N-dealkylation sites (tertiary alicyclic amines) is 1. The molecule has 0 aliphatic carbocycles. The molecule has 25 heavy (non-hydrogen) atoms. The van der Waals surface area contributed by atoms with E-state index in [1.165, 1.54) is 0 Å². The number of nitrogen functional groups attached to an aromatic ring is 1. The first-order valence-electron chi connectivity index (χ1n) is 8.83. The molecular formula is C18H26N6O. The van der Waals surface area contributed by atoms with Crippen LogP contribution in [0.15, 0.2) is 30.7 Å². The second kappa shape index (κ2) is 8.00. The van der Waals surface area contributed by atoms with Gasteiger partial charge in [0.15, 0.2) is 0 Å². The van der Waals surface area contributed by atoms with Crippen molar-refractivity contribution >= 4 is 17.4 Å². The zero-order chi connectivity index (χ0) is 17.6. The fourth-order valence-electron chi connectivity index (χ4n) is 3.23. The van der Waals surface area contributed by atoms with E-state index < -0.39 is 0 Å². The number of nitrogens with two attached hydrogens (primary N) is 1. The fraction of sp³-hybridized carbons (Fsp3) is 0.500. The number of nitrogens with one attached hydrogen (secondary N) is 1. The minimum absolute atomic E-state index is 0.235. The first kappa shape index (κ1) is 17.3. The molecule has 0 aromatic carbocycles. The van der Waals surface area contributed by atoms with Gasteiger partial charge in [-0.2, -0.15) is 5.10 Å². The highest BCUT2D eigenvalue weighted by atomic mass is 16.2. The fourth-order valence-corrected chi connectivity index (χ4v) is 3.23. The van der Waals surface area contributed by atoms with E-state index in [2.05, 4.69) is 15.4 Å². The largest absolute Gasteiger partial charge is 0.384 e. The number of hydrogen-bond donors (Lipinski definition) is 2. The summed E-state index contributed by atoms with van der Waals surface area (Å²) in [7, 11) is 1.89. The quantitative estimate of drug-likeness (QED) is 0.865. The highest BCUT2D eigenvalue weighted by Gasteiger charge is 2.20. The van der Waals surface area contributed by atoms with E-state index in [9.17, 15) is 4.79 Å². The molecule has 3 heterocycles. The summed E-state index contributed by atoms with van der Waals surface area (Å²) >= 11 is 0. The molecular weight excluding hydrogens is 316 g/mol. The number of rotatable bonds is 5.